The van der Waals surface area contributed by atoms with Crippen LogP contribution in [0.4, 0.5) is 0 Å². The van der Waals surface area contributed by atoms with Gasteiger partial charge in [0, 0.05) is 30.5 Å². The third-order valence-corrected chi connectivity index (χ3v) is 6.78. The van der Waals surface area contributed by atoms with Crippen LogP contribution < -0.4 is 0 Å². The predicted molar refractivity (Wildman–Crippen MR) is 128 cm³/mol. The van der Waals surface area contributed by atoms with Gasteiger partial charge in [-0.3, -0.25) is 5.10 Å². The third kappa shape index (κ3) is 3.27. The lowest BCUT2D eigenvalue weighted by molar-refractivity contribution is 1.10. The number of pyridine rings is 1. The number of aromatic nitrogens is 3. The normalized spacial score (nSPS) is 11.0. The standard InChI is InChI=1S/C23H12Br2N4S/c24-15-7-3-13(4-8-15)21-17(12-26)19(18-2-1-11-30-18)20-22(28-29-23(20)27-21)14-5-9-16(25)10-6-14/h1-11H,(H,27,28,29). The number of H-pyrrole nitrogens is 1. The van der Waals surface area contributed by atoms with Crippen LogP contribution in [-0.4, -0.2) is 15.2 Å². The molecule has 3 heterocycles. The first-order chi connectivity index (χ1) is 14.7. The highest BCUT2D eigenvalue weighted by molar-refractivity contribution is 9.10. The monoisotopic (exact) mass is 534 g/mol. The molecule has 30 heavy (non-hydrogen) atoms. The molecule has 0 unspecified atom stereocenters. The van der Waals surface area contributed by atoms with Gasteiger partial charge in [0.1, 0.15) is 6.07 Å². The molecule has 0 saturated heterocycles. The van der Waals surface area contributed by atoms with Crippen LogP contribution in [0.2, 0.25) is 0 Å². The van der Waals surface area contributed by atoms with Crippen molar-refractivity contribution >= 4 is 54.2 Å². The lowest BCUT2D eigenvalue weighted by Crippen LogP contribution is -1.95. The first-order valence-electron chi connectivity index (χ1n) is 9.03. The molecule has 0 aliphatic rings. The molecule has 5 aromatic rings. The summed E-state index contributed by atoms with van der Waals surface area (Å²) in [6.45, 7) is 0. The number of nitriles is 1. The number of hydrogen-bond donors (Lipinski definition) is 1. The summed E-state index contributed by atoms with van der Waals surface area (Å²) in [5, 5.41) is 20.7. The zero-order valence-electron chi connectivity index (χ0n) is 15.4. The van der Waals surface area contributed by atoms with Crippen LogP contribution in [0.25, 0.3) is 44.0 Å². The molecule has 0 aliphatic carbocycles. The Morgan fingerprint density at radius 3 is 2.17 bits per heavy atom. The number of rotatable bonds is 3. The van der Waals surface area contributed by atoms with Crippen LogP contribution >= 0.6 is 43.2 Å². The van der Waals surface area contributed by atoms with Gasteiger partial charge in [0.2, 0.25) is 0 Å². The van der Waals surface area contributed by atoms with Crippen molar-refractivity contribution in [2.45, 2.75) is 0 Å². The molecular formula is C23H12Br2N4S. The smallest absolute Gasteiger partial charge is 0.182 e. The van der Waals surface area contributed by atoms with E-state index >= 15 is 0 Å². The molecule has 0 spiro atoms. The molecule has 1 N–H and O–H groups in total. The van der Waals surface area contributed by atoms with Crippen molar-refractivity contribution in [2.75, 3.05) is 0 Å². The second-order valence-electron chi connectivity index (χ2n) is 6.61. The maximum atomic E-state index is 10.2. The Hall–Kier alpha value is -2.79. The van der Waals surface area contributed by atoms with Crippen LogP contribution in [0.1, 0.15) is 5.56 Å². The molecule has 0 saturated carbocycles. The zero-order chi connectivity index (χ0) is 20.7. The fourth-order valence-corrected chi connectivity index (χ4v) is 4.79. The van der Waals surface area contributed by atoms with Gasteiger partial charge < -0.3 is 0 Å². The lowest BCUT2D eigenvalue weighted by Gasteiger charge is -2.11. The largest absolute Gasteiger partial charge is 0.275 e. The molecule has 2 aromatic carbocycles. The molecular weight excluding hydrogens is 524 g/mol. The summed E-state index contributed by atoms with van der Waals surface area (Å²) in [5.41, 5.74) is 5.35. The quantitative estimate of drug-likeness (QED) is 0.261. The zero-order valence-corrected chi connectivity index (χ0v) is 19.3. The van der Waals surface area contributed by atoms with Crippen molar-refractivity contribution in [1.82, 2.24) is 15.2 Å². The number of nitrogens with one attached hydrogen (secondary N) is 1. The van der Waals surface area contributed by atoms with Crippen LogP contribution in [-0.2, 0) is 0 Å². The Bertz CT molecular complexity index is 1400. The summed E-state index contributed by atoms with van der Waals surface area (Å²) in [7, 11) is 0. The number of aromatic amines is 1. The number of nitrogens with zero attached hydrogens (tertiary/aromatic N) is 3. The minimum absolute atomic E-state index is 0.548. The van der Waals surface area contributed by atoms with Crippen molar-refractivity contribution in [3.63, 3.8) is 0 Å². The predicted octanol–water partition coefficient (Wildman–Crippen LogP) is 7.42. The average molecular weight is 536 g/mol. The highest BCUT2D eigenvalue weighted by Crippen LogP contribution is 2.42. The molecule has 0 amide bonds. The van der Waals surface area contributed by atoms with E-state index in [1.54, 1.807) is 11.3 Å². The summed E-state index contributed by atoms with van der Waals surface area (Å²) in [4.78, 5) is 5.81. The van der Waals surface area contributed by atoms with Crippen molar-refractivity contribution in [3.8, 4) is 39.0 Å². The van der Waals surface area contributed by atoms with Gasteiger partial charge in [-0.15, -0.1) is 11.3 Å². The van der Waals surface area contributed by atoms with Gasteiger partial charge in [-0.05, 0) is 35.7 Å². The number of halogens is 2. The number of thiophene rings is 1. The van der Waals surface area contributed by atoms with Crippen molar-refractivity contribution in [3.05, 3.63) is 80.6 Å². The molecule has 0 aliphatic heterocycles. The van der Waals surface area contributed by atoms with Crippen molar-refractivity contribution in [2.24, 2.45) is 0 Å². The molecule has 0 bridgehead atoms. The Balaban J connectivity index is 1.87. The van der Waals surface area contributed by atoms with Gasteiger partial charge in [-0.1, -0.05) is 62.2 Å². The highest BCUT2D eigenvalue weighted by Gasteiger charge is 2.23. The van der Waals surface area contributed by atoms with Crippen molar-refractivity contribution in [1.29, 1.82) is 5.26 Å². The lowest BCUT2D eigenvalue weighted by atomic mass is 9.96. The Morgan fingerprint density at radius 2 is 1.57 bits per heavy atom. The van der Waals surface area contributed by atoms with E-state index in [0.29, 0.717) is 16.9 Å². The molecule has 144 valence electrons. The number of fused-ring (bicyclic) bond motifs is 1. The van der Waals surface area contributed by atoms with E-state index in [1.807, 2.05) is 66.0 Å². The summed E-state index contributed by atoms with van der Waals surface area (Å²) in [6, 6.07) is 22.3. The highest BCUT2D eigenvalue weighted by atomic mass is 79.9. The van der Waals surface area contributed by atoms with Gasteiger partial charge in [-0.2, -0.15) is 10.4 Å². The minimum Gasteiger partial charge on any atom is -0.275 e. The molecule has 7 heteroatoms. The van der Waals surface area contributed by atoms with E-state index < -0.39 is 0 Å². The Kier molecular flexibility index (Phi) is 4.99. The van der Waals surface area contributed by atoms with E-state index in [9.17, 15) is 5.26 Å². The molecule has 3 aromatic heterocycles. The topological polar surface area (TPSA) is 65.4 Å². The van der Waals surface area contributed by atoms with Crippen LogP contribution in [0.15, 0.2) is 75.0 Å². The maximum absolute atomic E-state index is 10.2. The third-order valence-electron chi connectivity index (χ3n) is 4.83. The van der Waals surface area contributed by atoms with Gasteiger partial charge >= 0.3 is 0 Å². The summed E-state index contributed by atoms with van der Waals surface area (Å²) in [5.74, 6) is 0. The second kappa shape index (κ2) is 7.80. The summed E-state index contributed by atoms with van der Waals surface area (Å²) >= 11 is 8.55. The SMILES string of the molecule is N#Cc1c(-c2ccc(Br)cc2)nc2n[nH]c(-c3ccc(Br)cc3)c2c1-c1cccs1. The van der Waals surface area contributed by atoms with Crippen molar-refractivity contribution < 1.29 is 0 Å². The first kappa shape index (κ1) is 19.2. The molecule has 0 fully saturated rings. The molecule has 0 atom stereocenters. The molecule has 4 nitrogen and oxygen atoms in total. The molecule has 0 radical (unpaired) electrons. The summed E-state index contributed by atoms with van der Waals surface area (Å²) in [6.07, 6.45) is 0. The second-order valence-corrected chi connectivity index (χ2v) is 9.39. The van der Waals surface area contributed by atoms with Crippen LogP contribution in [0.3, 0.4) is 0 Å². The fourth-order valence-electron chi connectivity index (χ4n) is 3.47. The van der Waals surface area contributed by atoms with Gasteiger partial charge in [0.25, 0.3) is 0 Å². The Labute approximate surface area is 193 Å². The van der Waals surface area contributed by atoms with Gasteiger partial charge in [0.15, 0.2) is 5.65 Å². The first-order valence-corrected chi connectivity index (χ1v) is 11.5. The van der Waals surface area contributed by atoms with Gasteiger partial charge in [0.05, 0.1) is 22.3 Å². The van der Waals surface area contributed by atoms with E-state index in [1.165, 1.54) is 0 Å². The fraction of sp³-hybridized carbons (Fsp3) is 0. The van der Waals surface area contributed by atoms with E-state index in [4.69, 9.17) is 4.98 Å². The minimum atomic E-state index is 0.548. The average Bonchev–Trinajstić information content (AvgIpc) is 3.44. The van der Waals surface area contributed by atoms with Gasteiger partial charge in [-0.25, -0.2) is 4.98 Å². The van der Waals surface area contributed by atoms with E-state index in [2.05, 4.69) is 48.1 Å². The number of benzene rings is 2. The number of hydrogen-bond acceptors (Lipinski definition) is 4. The van der Waals surface area contributed by atoms with Crippen LogP contribution in [0.5, 0.6) is 0 Å². The van der Waals surface area contributed by atoms with E-state index in [0.717, 1.165) is 41.6 Å². The van der Waals surface area contributed by atoms with E-state index in [-0.39, 0.29) is 0 Å². The Morgan fingerprint density at radius 1 is 0.900 bits per heavy atom. The maximum Gasteiger partial charge on any atom is 0.182 e. The summed E-state index contributed by atoms with van der Waals surface area (Å²) < 4.78 is 1.98. The van der Waals surface area contributed by atoms with Crippen LogP contribution in [0, 0.1) is 11.3 Å². The molecule has 5 rings (SSSR count).